The van der Waals surface area contributed by atoms with Crippen LogP contribution in [0, 0.1) is 5.92 Å². The zero-order valence-corrected chi connectivity index (χ0v) is 19.6. The summed E-state index contributed by atoms with van der Waals surface area (Å²) in [5, 5.41) is 11.1. The predicted octanol–water partition coefficient (Wildman–Crippen LogP) is 4.52. The Balaban J connectivity index is 1.49. The molecule has 4 heterocycles. The summed E-state index contributed by atoms with van der Waals surface area (Å²) in [6.07, 6.45) is 7.71. The van der Waals surface area contributed by atoms with Crippen molar-refractivity contribution in [3.8, 4) is 0 Å². The van der Waals surface area contributed by atoms with E-state index in [1.54, 1.807) is 0 Å². The molecule has 2 aliphatic rings. The Morgan fingerprint density at radius 2 is 2.10 bits per heavy atom. The smallest absolute Gasteiger partial charge is 0.233 e. The Morgan fingerprint density at radius 1 is 1.23 bits per heavy atom. The maximum Gasteiger partial charge on any atom is 0.233 e. The number of rotatable bonds is 4. The van der Waals surface area contributed by atoms with Crippen molar-refractivity contribution in [3.05, 3.63) is 16.3 Å². The summed E-state index contributed by atoms with van der Waals surface area (Å²) in [4.78, 5) is 22.4. The molecule has 2 atom stereocenters. The van der Waals surface area contributed by atoms with Crippen LogP contribution in [0.4, 0.5) is 0 Å². The largest absolute Gasteiger partial charge is 0.339 e. The van der Waals surface area contributed by atoms with Gasteiger partial charge in [-0.05, 0) is 56.9 Å². The molecule has 0 saturated carbocycles. The van der Waals surface area contributed by atoms with E-state index in [1.807, 2.05) is 16.2 Å². The highest BCUT2D eigenvalue weighted by Gasteiger charge is 2.27. The minimum atomic E-state index is 0.206. The van der Waals surface area contributed by atoms with E-state index in [4.69, 9.17) is 4.98 Å². The summed E-state index contributed by atoms with van der Waals surface area (Å²) in [7, 11) is 0. The van der Waals surface area contributed by atoms with Gasteiger partial charge in [-0.15, -0.1) is 21.5 Å². The van der Waals surface area contributed by atoms with Crippen LogP contribution in [-0.4, -0.2) is 48.7 Å². The van der Waals surface area contributed by atoms with Crippen LogP contribution in [0.15, 0.2) is 5.16 Å². The van der Waals surface area contributed by atoms with Crippen LogP contribution in [0.1, 0.15) is 62.7 Å². The number of amides is 1. The topological polar surface area (TPSA) is 63.4 Å². The molecule has 1 aliphatic carbocycles. The normalized spacial score (nSPS) is 22.0. The molecule has 160 valence electrons. The van der Waals surface area contributed by atoms with Crippen molar-refractivity contribution >= 4 is 44.9 Å². The highest BCUT2D eigenvalue weighted by atomic mass is 32.2. The first-order valence-corrected chi connectivity index (χ1v) is 13.0. The lowest BCUT2D eigenvalue weighted by atomic mass is 9.89. The highest BCUT2D eigenvalue weighted by Crippen LogP contribution is 2.39. The van der Waals surface area contributed by atoms with E-state index in [2.05, 4.69) is 35.4 Å². The maximum atomic E-state index is 12.8. The van der Waals surface area contributed by atoms with Gasteiger partial charge in [-0.3, -0.25) is 9.20 Å². The zero-order chi connectivity index (χ0) is 20.8. The average Bonchev–Trinajstić information content (AvgIpc) is 3.32. The Bertz CT molecular complexity index is 1100. The Labute approximate surface area is 185 Å². The lowest BCUT2D eigenvalue weighted by molar-refractivity contribution is -0.131. The molecule has 1 aliphatic heterocycles. The van der Waals surface area contributed by atoms with Gasteiger partial charge in [-0.25, -0.2) is 4.98 Å². The fraction of sp³-hybridized carbons (Fsp3) is 0.636. The molecule has 0 spiro atoms. The third kappa shape index (κ3) is 3.42. The number of thiophene rings is 1. The molecule has 8 heteroatoms. The molecule has 6 nitrogen and oxygen atoms in total. The van der Waals surface area contributed by atoms with Gasteiger partial charge in [0.15, 0.2) is 10.8 Å². The van der Waals surface area contributed by atoms with E-state index < -0.39 is 0 Å². The summed E-state index contributed by atoms with van der Waals surface area (Å²) in [5.74, 6) is 2.33. The molecule has 0 aromatic carbocycles. The molecule has 0 N–H and O–H groups in total. The lowest BCUT2D eigenvalue weighted by Crippen LogP contribution is -2.42. The number of fused-ring (bicyclic) bond motifs is 5. The van der Waals surface area contributed by atoms with E-state index >= 15 is 0 Å². The lowest BCUT2D eigenvalue weighted by Gasteiger charge is -2.33. The standard InChI is InChI=1S/C22H29N5OS2/c1-4-17-23-21-19(15-9-8-13(2)11-16(15)30-21)20-24-25-22(27(17)20)29-12-18(28)26-10-6-5-7-14(26)3/h13-14H,4-12H2,1-3H3/t13-,14+/m1/s1. The molecule has 5 rings (SSSR count). The van der Waals surface area contributed by atoms with E-state index in [0.717, 1.165) is 66.0 Å². The molecular formula is C22H29N5OS2. The number of hydrogen-bond acceptors (Lipinski definition) is 6. The van der Waals surface area contributed by atoms with E-state index in [0.29, 0.717) is 11.8 Å². The fourth-order valence-corrected chi connectivity index (χ4v) is 7.12. The second-order valence-corrected chi connectivity index (χ2v) is 10.8. The number of hydrogen-bond donors (Lipinski definition) is 0. The molecule has 1 saturated heterocycles. The molecule has 30 heavy (non-hydrogen) atoms. The molecule has 3 aromatic heterocycles. The van der Waals surface area contributed by atoms with Gasteiger partial charge in [-0.2, -0.15) is 0 Å². The SMILES string of the molecule is CCc1nc2sc3c(c2c2nnc(SCC(=O)N4CCCC[C@@H]4C)n12)CC[C@@H](C)C3. The van der Waals surface area contributed by atoms with Crippen LogP contribution in [0.3, 0.4) is 0 Å². The number of aromatic nitrogens is 4. The minimum absolute atomic E-state index is 0.206. The molecule has 0 radical (unpaired) electrons. The number of piperidine rings is 1. The van der Waals surface area contributed by atoms with Gasteiger partial charge >= 0.3 is 0 Å². The van der Waals surface area contributed by atoms with Crippen LogP contribution in [0.2, 0.25) is 0 Å². The van der Waals surface area contributed by atoms with Gasteiger partial charge in [0.05, 0.1) is 11.1 Å². The summed E-state index contributed by atoms with van der Waals surface area (Å²) >= 11 is 3.33. The first kappa shape index (κ1) is 20.2. The zero-order valence-electron chi connectivity index (χ0n) is 18.0. The molecule has 3 aromatic rings. The van der Waals surface area contributed by atoms with E-state index in [1.165, 1.54) is 40.4 Å². The van der Waals surface area contributed by atoms with Crippen molar-refractivity contribution in [2.24, 2.45) is 5.92 Å². The molecule has 1 amide bonds. The monoisotopic (exact) mass is 443 g/mol. The first-order chi connectivity index (χ1) is 14.6. The van der Waals surface area contributed by atoms with Gasteiger partial charge in [0.2, 0.25) is 5.91 Å². The second kappa shape index (κ2) is 8.11. The van der Waals surface area contributed by atoms with Crippen molar-refractivity contribution < 1.29 is 4.79 Å². The minimum Gasteiger partial charge on any atom is -0.339 e. The molecule has 0 unspecified atom stereocenters. The third-order valence-corrected chi connectivity index (χ3v) is 8.67. The average molecular weight is 444 g/mol. The van der Waals surface area contributed by atoms with Gasteiger partial charge in [-0.1, -0.05) is 25.6 Å². The van der Waals surface area contributed by atoms with Crippen molar-refractivity contribution in [1.82, 2.24) is 24.5 Å². The summed E-state index contributed by atoms with van der Waals surface area (Å²) in [5.41, 5.74) is 2.35. The fourth-order valence-electron chi connectivity index (χ4n) is 4.89. The van der Waals surface area contributed by atoms with Crippen molar-refractivity contribution in [2.45, 2.75) is 76.9 Å². The van der Waals surface area contributed by atoms with Gasteiger partial charge < -0.3 is 4.90 Å². The highest BCUT2D eigenvalue weighted by molar-refractivity contribution is 7.99. The quantitative estimate of drug-likeness (QED) is 0.555. The number of nitrogens with zero attached hydrogens (tertiary/aromatic N) is 5. The van der Waals surface area contributed by atoms with Crippen molar-refractivity contribution in [2.75, 3.05) is 12.3 Å². The number of thioether (sulfide) groups is 1. The number of carbonyl (C=O) groups excluding carboxylic acids is 1. The van der Waals surface area contributed by atoms with Gasteiger partial charge in [0, 0.05) is 23.9 Å². The Morgan fingerprint density at radius 3 is 2.90 bits per heavy atom. The number of carbonyl (C=O) groups is 1. The second-order valence-electron chi connectivity index (χ2n) is 8.78. The van der Waals surface area contributed by atoms with E-state index in [-0.39, 0.29) is 5.91 Å². The number of likely N-dealkylation sites (tertiary alicyclic amines) is 1. The number of aryl methyl sites for hydroxylation is 2. The predicted molar refractivity (Wildman–Crippen MR) is 122 cm³/mol. The summed E-state index contributed by atoms with van der Waals surface area (Å²) in [6, 6.07) is 0.342. The Kier molecular flexibility index (Phi) is 5.47. The van der Waals surface area contributed by atoms with E-state index in [9.17, 15) is 4.79 Å². The van der Waals surface area contributed by atoms with Gasteiger partial charge in [0.1, 0.15) is 10.7 Å². The van der Waals surface area contributed by atoms with Crippen LogP contribution in [0.25, 0.3) is 15.9 Å². The molecule has 0 bridgehead atoms. The van der Waals surface area contributed by atoms with Crippen molar-refractivity contribution in [3.63, 3.8) is 0 Å². The van der Waals surface area contributed by atoms with Crippen LogP contribution >= 0.6 is 23.1 Å². The third-order valence-electron chi connectivity index (χ3n) is 6.60. The van der Waals surface area contributed by atoms with Crippen LogP contribution in [-0.2, 0) is 24.1 Å². The van der Waals surface area contributed by atoms with Crippen molar-refractivity contribution in [1.29, 1.82) is 0 Å². The summed E-state index contributed by atoms with van der Waals surface area (Å²) < 4.78 is 2.10. The van der Waals surface area contributed by atoms with Crippen LogP contribution in [0.5, 0.6) is 0 Å². The molecular weight excluding hydrogens is 414 g/mol. The van der Waals surface area contributed by atoms with Crippen LogP contribution < -0.4 is 0 Å². The summed E-state index contributed by atoms with van der Waals surface area (Å²) in [6.45, 7) is 7.49. The first-order valence-electron chi connectivity index (χ1n) is 11.2. The molecule has 1 fully saturated rings. The van der Waals surface area contributed by atoms with Gasteiger partial charge in [0.25, 0.3) is 0 Å². The maximum absolute atomic E-state index is 12.8. The Hall–Kier alpha value is -1.67.